The van der Waals surface area contributed by atoms with E-state index in [2.05, 4.69) is 20.6 Å². The minimum absolute atomic E-state index is 0.0779. The van der Waals surface area contributed by atoms with E-state index in [0.29, 0.717) is 17.3 Å². The third-order valence-corrected chi connectivity index (χ3v) is 2.81. The van der Waals surface area contributed by atoms with Gasteiger partial charge in [0.05, 0.1) is 10.0 Å². The molecule has 8 heteroatoms. The van der Waals surface area contributed by atoms with Crippen LogP contribution < -0.4 is 16.4 Å². The first-order valence-corrected chi connectivity index (χ1v) is 5.99. The van der Waals surface area contributed by atoms with E-state index in [1.807, 2.05) is 0 Å². The highest BCUT2D eigenvalue weighted by atomic mass is 35.5. The standard InChI is InChI=1S/C11H10Cl2FN5/c1-16-8-4-9(19-11(15)18-8)17-5-2-6(12)10(14)7(13)3-5/h2-4H,1H3,(H4,15,16,17,18,19). The second-order valence-electron chi connectivity index (χ2n) is 3.63. The van der Waals surface area contributed by atoms with Crippen molar-refractivity contribution < 1.29 is 4.39 Å². The molecule has 0 saturated carbocycles. The molecule has 0 fully saturated rings. The van der Waals surface area contributed by atoms with Gasteiger partial charge in [-0.1, -0.05) is 23.2 Å². The first-order valence-electron chi connectivity index (χ1n) is 5.23. The van der Waals surface area contributed by atoms with Crippen molar-refractivity contribution in [3.05, 3.63) is 34.1 Å². The van der Waals surface area contributed by atoms with Crippen LogP contribution in [0.5, 0.6) is 0 Å². The van der Waals surface area contributed by atoms with Crippen LogP contribution in [-0.4, -0.2) is 17.0 Å². The summed E-state index contributed by atoms with van der Waals surface area (Å²) in [4.78, 5) is 7.94. The predicted molar refractivity (Wildman–Crippen MR) is 75.7 cm³/mol. The molecule has 0 aliphatic carbocycles. The highest BCUT2D eigenvalue weighted by molar-refractivity contribution is 6.35. The Bertz CT molecular complexity index is 597. The number of halogens is 3. The fourth-order valence-electron chi connectivity index (χ4n) is 1.43. The molecule has 2 rings (SSSR count). The fourth-order valence-corrected chi connectivity index (χ4v) is 1.92. The van der Waals surface area contributed by atoms with Crippen LogP contribution in [0.4, 0.5) is 27.7 Å². The molecule has 0 atom stereocenters. The van der Waals surface area contributed by atoms with Gasteiger partial charge in [-0.15, -0.1) is 0 Å². The molecule has 100 valence electrons. The lowest BCUT2D eigenvalue weighted by atomic mass is 10.3. The van der Waals surface area contributed by atoms with E-state index in [4.69, 9.17) is 28.9 Å². The van der Waals surface area contributed by atoms with Crippen LogP contribution >= 0.6 is 23.2 Å². The number of aromatic nitrogens is 2. The van der Waals surface area contributed by atoms with Crippen LogP contribution in [0.2, 0.25) is 10.0 Å². The Balaban J connectivity index is 2.33. The Morgan fingerprint density at radius 1 is 1.11 bits per heavy atom. The lowest BCUT2D eigenvalue weighted by Gasteiger charge is -2.09. The molecule has 1 aromatic heterocycles. The smallest absolute Gasteiger partial charge is 0.223 e. The molecule has 0 radical (unpaired) electrons. The average molecular weight is 302 g/mol. The minimum atomic E-state index is -0.660. The Labute approximate surface area is 119 Å². The molecule has 4 N–H and O–H groups in total. The van der Waals surface area contributed by atoms with Crippen molar-refractivity contribution >= 4 is 46.5 Å². The molecule has 0 amide bonds. The molecular formula is C11H10Cl2FN5. The van der Waals surface area contributed by atoms with Crippen molar-refractivity contribution in [2.24, 2.45) is 0 Å². The largest absolute Gasteiger partial charge is 0.373 e. The van der Waals surface area contributed by atoms with Crippen LogP contribution in [0, 0.1) is 5.82 Å². The van der Waals surface area contributed by atoms with Gasteiger partial charge in [-0.25, -0.2) is 4.39 Å². The lowest BCUT2D eigenvalue weighted by Crippen LogP contribution is -2.03. The van der Waals surface area contributed by atoms with Crippen LogP contribution in [0.15, 0.2) is 18.2 Å². The Hall–Kier alpha value is -1.79. The maximum absolute atomic E-state index is 13.3. The fraction of sp³-hybridized carbons (Fsp3) is 0.0909. The number of benzene rings is 1. The van der Waals surface area contributed by atoms with Gasteiger partial charge in [0.1, 0.15) is 11.6 Å². The number of nitrogens with zero attached hydrogens (tertiary/aromatic N) is 2. The summed E-state index contributed by atoms with van der Waals surface area (Å²) in [6.07, 6.45) is 0. The monoisotopic (exact) mass is 301 g/mol. The van der Waals surface area contributed by atoms with Crippen LogP contribution in [0.3, 0.4) is 0 Å². The number of hydrogen-bond acceptors (Lipinski definition) is 5. The van der Waals surface area contributed by atoms with Crippen LogP contribution in [0.25, 0.3) is 0 Å². The van der Waals surface area contributed by atoms with Gasteiger partial charge >= 0.3 is 0 Å². The van der Waals surface area contributed by atoms with Crippen molar-refractivity contribution in [1.29, 1.82) is 0 Å². The summed E-state index contributed by atoms with van der Waals surface area (Å²) in [5, 5.41) is 5.61. The number of rotatable bonds is 3. The molecule has 19 heavy (non-hydrogen) atoms. The molecule has 0 bridgehead atoms. The van der Waals surface area contributed by atoms with E-state index in [1.165, 1.54) is 12.1 Å². The second-order valence-corrected chi connectivity index (χ2v) is 4.44. The number of anilines is 4. The van der Waals surface area contributed by atoms with E-state index in [-0.39, 0.29) is 16.0 Å². The molecule has 0 spiro atoms. The van der Waals surface area contributed by atoms with Gasteiger partial charge in [-0.2, -0.15) is 9.97 Å². The van der Waals surface area contributed by atoms with Gasteiger partial charge < -0.3 is 16.4 Å². The summed E-state index contributed by atoms with van der Waals surface area (Å²) >= 11 is 11.4. The van der Waals surface area contributed by atoms with Crippen molar-refractivity contribution in [2.45, 2.75) is 0 Å². The number of hydrogen-bond donors (Lipinski definition) is 3. The zero-order valence-corrected chi connectivity index (χ0v) is 11.3. The molecular weight excluding hydrogens is 292 g/mol. The van der Waals surface area contributed by atoms with Gasteiger partial charge in [0, 0.05) is 18.8 Å². The second kappa shape index (κ2) is 5.46. The molecule has 1 aromatic carbocycles. The van der Waals surface area contributed by atoms with E-state index >= 15 is 0 Å². The van der Waals surface area contributed by atoms with Crippen LogP contribution in [0.1, 0.15) is 0 Å². The minimum Gasteiger partial charge on any atom is -0.373 e. The molecule has 0 unspecified atom stereocenters. The van der Waals surface area contributed by atoms with Crippen molar-refractivity contribution in [3.63, 3.8) is 0 Å². The molecule has 0 aliphatic heterocycles. The summed E-state index contributed by atoms with van der Waals surface area (Å²) in [7, 11) is 1.71. The van der Waals surface area contributed by atoms with Crippen molar-refractivity contribution in [3.8, 4) is 0 Å². The SMILES string of the molecule is CNc1cc(Nc2cc(Cl)c(F)c(Cl)c2)nc(N)n1. The summed E-state index contributed by atoms with van der Waals surface area (Å²) in [5.74, 6) is 0.436. The molecule has 0 aliphatic rings. The number of nitrogens with two attached hydrogens (primary N) is 1. The Morgan fingerprint density at radius 3 is 2.26 bits per heavy atom. The first-order chi connectivity index (χ1) is 8.99. The van der Waals surface area contributed by atoms with E-state index in [9.17, 15) is 4.39 Å². The maximum atomic E-state index is 13.3. The molecule has 0 saturated heterocycles. The van der Waals surface area contributed by atoms with Gasteiger partial charge in [0.25, 0.3) is 0 Å². The summed E-state index contributed by atoms with van der Waals surface area (Å²) in [6.45, 7) is 0. The summed E-state index contributed by atoms with van der Waals surface area (Å²) in [5.41, 5.74) is 6.06. The number of nitrogens with one attached hydrogen (secondary N) is 2. The van der Waals surface area contributed by atoms with Gasteiger partial charge in [-0.3, -0.25) is 0 Å². The zero-order chi connectivity index (χ0) is 14.0. The Kier molecular flexibility index (Phi) is 3.92. The van der Waals surface area contributed by atoms with E-state index in [0.717, 1.165) is 0 Å². The van der Waals surface area contributed by atoms with Gasteiger partial charge in [-0.05, 0) is 12.1 Å². The topological polar surface area (TPSA) is 75.9 Å². The molecule has 2 aromatic rings. The number of nitrogen functional groups attached to an aromatic ring is 1. The first kappa shape index (κ1) is 13.6. The van der Waals surface area contributed by atoms with E-state index < -0.39 is 5.82 Å². The average Bonchev–Trinajstić information content (AvgIpc) is 2.35. The van der Waals surface area contributed by atoms with Gasteiger partial charge in [0.2, 0.25) is 5.95 Å². The highest BCUT2D eigenvalue weighted by Gasteiger charge is 2.09. The normalized spacial score (nSPS) is 10.3. The molecule has 5 nitrogen and oxygen atoms in total. The predicted octanol–water partition coefficient (Wildman–Crippen LogP) is 3.29. The molecule has 1 heterocycles. The Morgan fingerprint density at radius 2 is 1.68 bits per heavy atom. The maximum Gasteiger partial charge on any atom is 0.223 e. The summed E-state index contributed by atoms with van der Waals surface area (Å²) < 4.78 is 13.3. The quantitative estimate of drug-likeness (QED) is 0.759. The highest BCUT2D eigenvalue weighted by Crippen LogP contribution is 2.29. The van der Waals surface area contributed by atoms with E-state index in [1.54, 1.807) is 13.1 Å². The third kappa shape index (κ3) is 3.15. The van der Waals surface area contributed by atoms with Crippen LogP contribution in [-0.2, 0) is 0 Å². The summed E-state index contributed by atoms with van der Waals surface area (Å²) in [6, 6.07) is 4.45. The lowest BCUT2D eigenvalue weighted by molar-refractivity contribution is 0.629. The van der Waals surface area contributed by atoms with Crippen molar-refractivity contribution in [1.82, 2.24) is 9.97 Å². The zero-order valence-electron chi connectivity index (χ0n) is 9.84. The third-order valence-electron chi connectivity index (χ3n) is 2.26. The van der Waals surface area contributed by atoms with Gasteiger partial charge in [0.15, 0.2) is 5.82 Å². The van der Waals surface area contributed by atoms with Crippen molar-refractivity contribution in [2.75, 3.05) is 23.4 Å².